The van der Waals surface area contributed by atoms with E-state index in [1.54, 1.807) is 0 Å². The second-order valence-electron chi connectivity index (χ2n) is 6.33. The van der Waals surface area contributed by atoms with Gasteiger partial charge in [0.1, 0.15) is 4.90 Å². The van der Waals surface area contributed by atoms with E-state index in [4.69, 9.17) is 11.6 Å². The molecule has 186 valence electrons. The number of urea groups is 1. The van der Waals surface area contributed by atoms with Crippen molar-refractivity contribution in [1.82, 2.24) is 14.7 Å². The highest BCUT2D eigenvalue weighted by atomic mass is 35.5. The Hall–Kier alpha value is -3.21. The molecule has 0 saturated carbocycles. The predicted molar refractivity (Wildman–Crippen MR) is 102 cm³/mol. The zero-order valence-corrected chi connectivity index (χ0v) is 17.9. The average Bonchev–Trinajstić information content (AvgIpc) is 2.67. The molecule has 0 unspecified atom stereocenters. The summed E-state index contributed by atoms with van der Waals surface area (Å²) in [5.41, 5.74) is -0.539. The number of rotatable bonds is 6. The van der Waals surface area contributed by atoms with Gasteiger partial charge in [0.2, 0.25) is 5.95 Å². The summed E-state index contributed by atoms with van der Waals surface area (Å²) in [7, 11) is -4.88. The van der Waals surface area contributed by atoms with Crippen LogP contribution in [-0.2, 0) is 14.8 Å². The number of benzene rings is 1. The van der Waals surface area contributed by atoms with Crippen LogP contribution in [0.5, 0.6) is 0 Å². The van der Waals surface area contributed by atoms with Crippen molar-refractivity contribution in [3.63, 3.8) is 0 Å². The minimum absolute atomic E-state index is 0.298. The normalized spacial score (nSPS) is 12.7. The van der Waals surface area contributed by atoms with E-state index >= 15 is 0 Å². The van der Waals surface area contributed by atoms with E-state index in [1.165, 1.54) is 23.9 Å². The molecule has 18 heteroatoms. The van der Waals surface area contributed by atoms with Crippen LogP contribution in [0.1, 0.15) is 5.69 Å². The Bertz CT molecular complexity index is 1220. The van der Waals surface area contributed by atoms with Crippen molar-refractivity contribution >= 4 is 45.2 Å². The number of carbonyl (C=O) groups is 2. The number of halogens is 8. The molecule has 0 atom stereocenters. The Morgan fingerprint density at radius 1 is 1.00 bits per heavy atom. The minimum atomic E-state index is -6.76. The van der Waals surface area contributed by atoms with Crippen LogP contribution in [0.2, 0.25) is 5.02 Å². The summed E-state index contributed by atoms with van der Waals surface area (Å²) in [6.45, 7) is 1.54. The number of alkyl halides is 7. The van der Waals surface area contributed by atoms with Crippen LogP contribution in [0, 0.1) is 6.92 Å². The van der Waals surface area contributed by atoms with Crippen molar-refractivity contribution in [1.29, 1.82) is 0 Å². The van der Waals surface area contributed by atoms with Crippen molar-refractivity contribution in [2.75, 3.05) is 10.6 Å². The quantitative estimate of drug-likeness (QED) is 0.482. The number of carbonyl (C=O) groups excluding carboxylic acids is 2. The van der Waals surface area contributed by atoms with Crippen molar-refractivity contribution in [3.8, 4) is 0 Å². The molecular weight excluding hydrogens is 527 g/mol. The molecule has 0 saturated heterocycles. The maximum Gasteiger partial charge on any atom is 0.460 e. The van der Waals surface area contributed by atoms with Gasteiger partial charge in [-0.25, -0.2) is 27.9 Å². The zero-order chi connectivity index (χ0) is 26.1. The highest BCUT2D eigenvalue weighted by Crippen LogP contribution is 2.47. The molecule has 3 N–H and O–H groups in total. The smallest absolute Gasteiger partial charge is 0.321 e. The largest absolute Gasteiger partial charge is 0.460 e. The van der Waals surface area contributed by atoms with Gasteiger partial charge in [0.05, 0.1) is 5.02 Å². The predicted octanol–water partition coefficient (Wildman–Crippen LogP) is 3.72. The third-order valence-corrected chi connectivity index (χ3v) is 5.57. The molecule has 0 radical (unpaired) electrons. The Kier molecular flexibility index (Phi) is 7.32. The second-order valence-corrected chi connectivity index (χ2v) is 8.39. The summed E-state index contributed by atoms with van der Waals surface area (Å²) in [5, 5.41) is 2.40. The Balaban J connectivity index is 2.26. The number of hydrogen-bond acceptors (Lipinski definition) is 6. The first-order chi connectivity index (χ1) is 15.4. The summed E-state index contributed by atoms with van der Waals surface area (Å²) in [4.78, 5) is 29.8. The van der Waals surface area contributed by atoms with Crippen LogP contribution in [-0.4, -0.2) is 48.3 Å². The van der Waals surface area contributed by atoms with Crippen LogP contribution in [0.15, 0.2) is 35.4 Å². The lowest BCUT2D eigenvalue weighted by Gasteiger charge is -2.27. The molecule has 9 nitrogen and oxygen atoms in total. The van der Waals surface area contributed by atoms with Crippen LogP contribution in [0.3, 0.4) is 0 Å². The van der Waals surface area contributed by atoms with Gasteiger partial charge < -0.3 is 5.32 Å². The van der Waals surface area contributed by atoms with E-state index in [-0.39, 0.29) is 5.95 Å². The highest BCUT2D eigenvalue weighted by molar-refractivity contribution is 7.90. The Labute approximate surface area is 190 Å². The van der Waals surface area contributed by atoms with E-state index in [2.05, 4.69) is 9.97 Å². The molecule has 0 aliphatic rings. The number of hydrogen-bond donors (Lipinski definition) is 3. The molecule has 3 amide bonds. The first-order valence-corrected chi connectivity index (χ1v) is 10.3. The van der Waals surface area contributed by atoms with Crippen molar-refractivity contribution in [2.24, 2.45) is 0 Å². The van der Waals surface area contributed by atoms with Gasteiger partial charge in [0.15, 0.2) is 0 Å². The van der Waals surface area contributed by atoms with Gasteiger partial charge in [-0.3, -0.25) is 10.1 Å². The van der Waals surface area contributed by atoms with Crippen molar-refractivity contribution < 1.29 is 48.7 Å². The molecule has 34 heavy (non-hydrogen) atoms. The van der Waals surface area contributed by atoms with E-state index in [1.807, 2.05) is 5.32 Å². The van der Waals surface area contributed by atoms with Gasteiger partial charge in [-0.15, -0.1) is 0 Å². The fraction of sp³-hybridized carbons (Fsp3) is 0.250. The van der Waals surface area contributed by atoms with Gasteiger partial charge in [-0.1, -0.05) is 11.6 Å². The lowest BCUT2D eigenvalue weighted by molar-refractivity contribution is -0.343. The van der Waals surface area contributed by atoms with E-state index in [9.17, 15) is 48.7 Å². The standard InChI is InChI=1S/C16H11ClF7N5O4S/c1-7-4-5-25-12(26-7)28-13(31)29-34(32,33)10-6-8(2-3-9(10)17)27-11(30)14(18,19)15(20,21)16(22,23)24/h2-6H,1H3,(H,27,30)(H2,25,26,28,29,31). The molecule has 0 fully saturated rings. The minimum Gasteiger partial charge on any atom is -0.321 e. The highest BCUT2D eigenvalue weighted by Gasteiger charge is 2.76. The SMILES string of the molecule is Cc1ccnc(NC(=O)NS(=O)(=O)c2cc(NC(=O)C(F)(F)C(F)(F)C(F)(F)F)ccc2Cl)n1. The average molecular weight is 538 g/mol. The molecule has 0 bridgehead atoms. The first kappa shape index (κ1) is 27.0. The summed E-state index contributed by atoms with van der Waals surface area (Å²) in [6.07, 6.45) is -5.52. The molecule has 2 rings (SSSR count). The maximum atomic E-state index is 13.5. The van der Waals surface area contributed by atoms with Gasteiger partial charge in [-0.2, -0.15) is 30.7 Å². The number of nitrogens with zero attached hydrogens (tertiary/aromatic N) is 2. The van der Waals surface area contributed by atoms with E-state index in [0.717, 1.165) is 5.32 Å². The third-order valence-electron chi connectivity index (χ3n) is 3.76. The second kappa shape index (κ2) is 9.21. The molecular formula is C16H11ClF7N5O4S. The number of nitrogens with one attached hydrogen (secondary N) is 3. The van der Waals surface area contributed by atoms with Crippen LogP contribution >= 0.6 is 11.6 Å². The fourth-order valence-corrected chi connectivity index (χ4v) is 3.56. The third kappa shape index (κ3) is 5.64. The number of sulfonamides is 1. The van der Waals surface area contributed by atoms with Gasteiger partial charge in [-0.05, 0) is 31.2 Å². The lowest BCUT2D eigenvalue weighted by Crippen LogP contribution is -2.57. The van der Waals surface area contributed by atoms with Crippen molar-refractivity contribution in [3.05, 3.63) is 41.2 Å². The number of aryl methyl sites for hydroxylation is 1. The summed E-state index contributed by atoms with van der Waals surface area (Å²) in [6, 6.07) is 1.75. The number of amides is 3. The molecule has 1 aromatic heterocycles. The fourth-order valence-electron chi connectivity index (χ4n) is 2.13. The number of anilines is 2. The molecule has 1 heterocycles. The monoisotopic (exact) mass is 537 g/mol. The topological polar surface area (TPSA) is 130 Å². The first-order valence-electron chi connectivity index (χ1n) is 8.45. The van der Waals surface area contributed by atoms with Crippen LogP contribution in [0.25, 0.3) is 0 Å². The summed E-state index contributed by atoms with van der Waals surface area (Å²) in [5.74, 6) is -16.4. The Morgan fingerprint density at radius 2 is 1.62 bits per heavy atom. The maximum absolute atomic E-state index is 13.5. The van der Waals surface area contributed by atoms with Crippen molar-refractivity contribution in [2.45, 2.75) is 29.8 Å². The van der Waals surface area contributed by atoms with Gasteiger partial charge in [0.25, 0.3) is 10.0 Å². The summed E-state index contributed by atoms with van der Waals surface area (Å²) < 4.78 is 116. The van der Waals surface area contributed by atoms with Gasteiger partial charge >= 0.3 is 30.0 Å². The molecule has 0 aliphatic heterocycles. The summed E-state index contributed by atoms with van der Waals surface area (Å²) >= 11 is 5.70. The van der Waals surface area contributed by atoms with E-state index < -0.39 is 55.6 Å². The zero-order valence-electron chi connectivity index (χ0n) is 16.3. The molecule has 0 aliphatic carbocycles. The molecule has 2 aromatic rings. The molecule has 1 aromatic carbocycles. The van der Waals surface area contributed by atoms with Crippen LogP contribution < -0.4 is 15.4 Å². The van der Waals surface area contributed by atoms with Crippen LogP contribution in [0.4, 0.5) is 47.2 Å². The van der Waals surface area contributed by atoms with E-state index in [0.29, 0.717) is 23.9 Å². The lowest BCUT2D eigenvalue weighted by atomic mass is 10.1. The number of aromatic nitrogens is 2. The Morgan fingerprint density at radius 3 is 2.18 bits per heavy atom. The van der Waals surface area contributed by atoms with Gasteiger partial charge in [0, 0.05) is 17.6 Å². The molecule has 0 spiro atoms.